The number of ether oxygens (including phenoxy) is 3. The smallest absolute Gasteiger partial charge is 0.168 e. The van der Waals surface area contributed by atoms with Gasteiger partial charge in [0.25, 0.3) is 0 Å². The lowest BCUT2D eigenvalue weighted by atomic mass is 9.90. The maximum absolute atomic E-state index is 5.75. The van der Waals surface area contributed by atoms with Crippen LogP contribution in [-0.2, 0) is 9.47 Å². The molecule has 4 nitrogen and oxygen atoms in total. The SMILES string of the molecule is COc1cccc(NC2CCC3(CC2)OCCO3)c1. The van der Waals surface area contributed by atoms with Gasteiger partial charge in [-0.1, -0.05) is 6.07 Å². The average Bonchev–Trinajstić information content (AvgIpc) is 2.90. The Morgan fingerprint density at radius 2 is 1.95 bits per heavy atom. The van der Waals surface area contributed by atoms with Gasteiger partial charge in [0.15, 0.2) is 5.79 Å². The molecule has 0 atom stereocenters. The van der Waals surface area contributed by atoms with Gasteiger partial charge >= 0.3 is 0 Å². The van der Waals surface area contributed by atoms with Crippen molar-refractivity contribution in [1.29, 1.82) is 0 Å². The number of nitrogens with one attached hydrogen (secondary N) is 1. The Bertz CT molecular complexity index is 419. The second-order valence-electron chi connectivity index (χ2n) is 5.26. The Kier molecular flexibility index (Phi) is 3.62. The van der Waals surface area contributed by atoms with E-state index in [9.17, 15) is 0 Å². The van der Waals surface area contributed by atoms with Gasteiger partial charge in [-0.05, 0) is 25.0 Å². The molecule has 1 aliphatic carbocycles. The van der Waals surface area contributed by atoms with E-state index in [2.05, 4.69) is 11.4 Å². The van der Waals surface area contributed by atoms with Gasteiger partial charge in [-0.25, -0.2) is 0 Å². The number of hydrogen-bond donors (Lipinski definition) is 1. The monoisotopic (exact) mass is 263 g/mol. The minimum absolute atomic E-state index is 0.271. The molecule has 2 fully saturated rings. The van der Waals surface area contributed by atoms with E-state index >= 15 is 0 Å². The molecule has 1 saturated heterocycles. The van der Waals surface area contributed by atoms with E-state index in [0.717, 1.165) is 50.3 Å². The fourth-order valence-electron chi connectivity index (χ4n) is 2.94. The van der Waals surface area contributed by atoms with Crippen molar-refractivity contribution in [2.24, 2.45) is 0 Å². The lowest BCUT2D eigenvalue weighted by Gasteiger charge is -2.36. The van der Waals surface area contributed by atoms with E-state index < -0.39 is 0 Å². The molecule has 0 aromatic heterocycles. The van der Waals surface area contributed by atoms with Crippen LogP contribution in [0.4, 0.5) is 5.69 Å². The molecule has 0 radical (unpaired) electrons. The molecule has 104 valence electrons. The molecule has 1 aliphatic heterocycles. The largest absolute Gasteiger partial charge is 0.497 e. The summed E-state index contributed by atoms with van der Waals surface area (Å²) in [7, 11) is 1.69. The molecule has 0 bridgehead atoms. The zero-order valence-corrected chi connectivity index (χ0v) is 11.4. The first-order valence-electron chi connectivity index (χ1n) is 6.98. The first-order valence-corrected chi connectivity index (χ1v) is 6.98. The summed E-state index contributed by atoms with van der Waals surface area (Å²) < 4.78 is 16.7. The van der Waals surface area contributed by atoms with E-state index in [1.165, 1.54) is 0 Å². The highest BCUT2D eigenvalue weighted by Gasteiger charge is 2.40. The molecule has 1 saturated carbocycles. The van der Waals surface area contributed by atoms with Crippen molar-refractivity contribution in [3.8, 4) is 5.75 Å². The van der Waals surface area contributed by atoms with Gasteiger partial charge in [0, 0.05) is 30.6 Å². The Balaban J connectivity index is 1.56. The van der Waals surface area contributed by atoms with Crippen LogP contribution in [0, 0.1) is 0 Å². The predicted octanol–water partition coefficient (Wildman–Crippen LogP) is 2.79. The summed E-state index contributed by atoms with van der Waals surface area (Å²) in [5, 5.41) is 3.57. The quantitative estimate of drug-likeness (QED) is 0.910. The third kappa shape index (κ3) is 2.85. The predicted molar refractivity (Wildman–Crippen MR) is 73.5 cm³/mol. The molecular weight excluding hydrogens is 242 g/mol. The molecule has 3 rings (SSSR count). The van der Waals surface area contributed by atoms with Crippen molar-refractivity contribution >= 4 is 5.69 Å². The lowest BCUT2D eigenvalue weighted by Crippen LogP contribution is -2.39. The van der Waals surface area contributed by atoms with Crippen molar-refractivity contribution in [2.75, 3.05) is 25.6 Å². The van der Waals surface area contributed by atoms with Crippen LogP contribution in [0.15, 0.2) is 24.3 Å². The molecule has 1 aromatic rings. The normalized spacial score (nSPS) is 22.6. The summed E-state index contributed by atoms with van der Waals surface area (Å²) >= 11 is 0. The van der Waals surface area contributed by atoms with E-state index in [0.29, 0.717) is 6.04 Å². The molecule has 4 heteroatoms. The van der Waals surface area contributed by atoms with Crippen LogP contribution in [0.1, 0.15) is 25.7 Å². The summed E-state index contributed by atoms with van der Waals surface area (Å²) in [4.78, 5) is 0. The molecule has 1 N–H and O–H groups in total. The van der Waals surface area contributed by atoms with Crippen molar-refractivity contribution in [3.05, 3.63) is 24.3 Å². The molecule has 1 aromatic carbocycles. The minimum atomic E-state index is -0.271. The summed E-state index contributed by atoms with van der Waals surface area (Å²) in [5.41, 5.74) is 1.12. The van der Waals surface area contributed by atoms with Crippen LogP contribution in [0.3, 0.4) is 0 Å². The topological polar surface area (TPSA) is 39.7 Å². The molecule has 1 spiro atoms. The van der Waals surface area contributed by atoms with E-state index in [1.54, 1.807) is 7.11 Å². The van der Waals surface area contributed by atoms with Crippen LogP contribution in [-0.4, -0.2) is 32.2 Å². The van der Waals surface area contributed by atoms with Gasteiger partial charge in [-0.2, -0.15) is 0 Å². The van der Waals surface area contributed by atoms with E-state index in [1.807, 2.05) is 18.2 Å². The molecule has 2 aliphatic rings. The second-order valence-corrected chi connectivity index (χ2v) is 5.26. The molecule has 1 heterocycles. The van der Waals surface area contributed by atoms with Crippen molar-refractivity contribution in [1.82, 2.24) is 0 Å². The zero-order chi connectivity index (χ0) is 13.1. The maximum atomic E-state index is 5.75. The van der Waals surface area contributed by atoms with Crippen molar-refractivity contribution < 1.29 is 14.2 Å². The fourth-order valence-corrected chi connectivity index (χ4v) is 2.94. The summed E-state index contributed by atoms with van der Waals surface area (Å²) in [5.74, 6) is 0.617. The van der Waals surface area contributed by atoms with Crippen LogP contribution in [0.2, 0.25) is 0 Å². The average molecular weight is 263 g/mol. The standard InChI is InChI=1S/C15H21NO3/c1-17-14-4-2-3-13(11-14)16-12-5-7-15(8-6-12)18-9-10-19-15/h2-4,11-12,16H,5-10H2,1H3. The molecule has 19 heavy (non-hydrogen) atoms. The Morgan fingerprint density at radius 3 is 2.63 bits per heavy atom. The minimum Gasteiger partial charge on any atom is -0.497 e. The van der Waals surface area contributed by atoms with Crippen LogP contribution >= 0.6 is 0 Å². The third-order valence-electron chi connectivity index (χ3n) is 4.00. The van der Waals surface area contributed by atoms with Gasteiger partial charge < -0.3 is 19.5 Å². The Labute approximate surface area is 114 Å². The fraction of sp³-hybridized carbons (Fsp3) is 0.600. The Hall–Kier alpha value is -1.26. The lowest BCUT2D eigenvalue weighted by molar-refractivity contribution is -0.177. The highest BCUT2D eigenvalue weighted by Crippen LogP contribution is 2.36. The number of anilines is 1. The molecule has 0 unspecified atom stereocenters. The number of benzene rings is 1. The highest BCUT2D eigenvalue weighted by atomic mass is 16.7. The number of methoxy groups -OCH3 is 1. The van der Waals surface area contributed by atoms with E-state index in [-0.39, 0.29) is 5.79 Å². The van der Waals surface area contributed by atoms with Gasteiger partial charge in [-0.15, -0.1) is 0 Å². The zero-order valence-electron chi connectivity index (χ0n) is 11.4. The van der Waals surface area contributed by atoms with Crippen molar-refractivity contribution in [2.45, 2.75) is 37.5 Å². The second kappa shape index (κ2) is 5.39. The molecular formula is C15H21NO3. The summed E-state index contributed by atoms with van der Waals surface area (Å²) in [6, 6.07) is 8.57. The summed E-state index contributed by atoms with van der Waals surface area (Å²) in [6.07, 6.45) is 4.12. The van der Waals surface area contributed by atoms with Gasteiger partial charge in [-0.3, -0.25) is 0 Å². The highest BCUT2D eigenvalue weighted by molar-refractivity contribution is 5.48. The van der Waals surface area contributed by atoms with Crippen LogP contribution in [0.25, 0.3) is 0 Å². The number of hydrogen-bond acceptors (Lipinski definition) is 4. The van der Waals surface area contributed by atoms with Gasteiger partial charge in [0.05, 0.1) is 20.3 Å². The Morgan fingerprint density at radius 1 is 1.21 bits per heavy atom. The third-order valence-corrected chi connectivity index (χ3v) is 4.00. The first-order chi connectivity index (χ1) is 9.30. The van der Waals surface area contributed by atoms with E-state index in [4.69, 9.17) is 14.2 Å². The van der Waals surface area contributed by atoms with Gasteiger partial charge in [0.2, 0.25) is 0 Å². The van der Waals surface area contributed by atoms with Gasteiger partial charge in [0.1, 0.15) is 5.75 Å². The maximum Gasteiger partial charge on any atom is 0.168 e. The summed E-state index contributed by atoms with van der Waals surface area (Å²) in [6.45, 7) is 1.49. The molecule has 0 amide bonds. The van der Waals surface area contributed by atoms with Crippen LogP contribution in [0.5, 0.6) is 5.75 Å². The van der Waals surface area contributed by atoms with Crippen molar-refractivity contribution in [3.63, 3.8) is 0 Å². The number of rotatable bonds is 3. The first kappa shape index (κ1) is 12.8. The van der Waals surface area contributed by atoms with Crippen LogP contribution < -0.4 is 10.1 Å².